The SMILES string of the molecule is C=C[C@]1(C)C[C@@H](OC(=O)CSC2CC3(CCN(C(=O)[C@H](N)CN)CC3)C2)[C@]2(C)C(C)CC[C@]3(CCC(=O)C32)[C@@H](C)[C@@H]1O. The van der Waals surface area contributed by atoms with Gasteiger partial charge in [0.1, 0.15) is 11.9 Å². The zero-order valence-corrected chi connectivity index (χ0v) is 26.9. The minimum absolute atomic E-state index is 0.0377. The van der Waals surface area contributed by atoms with E-state index < -0.39 is 29.1 Å². The average Bonchev–Trinajstić information content (AvgIpc) is 3.32. The van der Waals surface area contributed by atoms with Crippen molar-refractivity contribution >= 4 is 29.4 Å². The van der Waals surface area contributed by atoms with Crippen molar-refractivity contribution in [3.05, 3.63) is 12.7 Å². The molecule has 5 rings (SSSR count). The monoisotopic (exact) mass is 603 g/mol. The van der Waals surface area contributed by atoms with Crippen molar-refractivity contribution in [3.8, 4) is 0 Å². The van der Waals surface area contributed by atoms with Gasteiger partial charge in [0.15, 0.2) is 0 Å². The van der Waals surface area contributed by atoms with Crippen molar-refractivity contribution in [3.63, 3.8) is 0 Å². The zero-order chi connectivity index (χ0) is 30.7. The molecule has 8 nitrogen and oxygen atoms in total. The molecule has 1 amide bonds. The molecule has 0 radical (unpaired) electrons. The van der Waals surface area contributed by atoms with E-state index in [1.165, 1.54) is 0 Å². The molecule has 1 spiro atoms. The Kier molecular flexibility index (Phi) is 8.76. The lowest BCUT2D eigenvalue weighted by atomic mass is 9.44. The molecule has 2 unspecified atom stereocenters. The molecule has 4 aliphatic carbocycles. The number of nitrogens with two attached hydrogens (primary N) is 2. The Morgan fingerprint density at radius 2 is 1.83 bits per heavy atom. The van der Waals surface area contributed by atoms with E-state index in [1.54, 1.807) is 11.8 Å². The van der Waals surface area contributed by atoms with Gasteiger partial charge in [-0.25, -0.2) is 0 Å². The van der Waals surface area contributed by atoms with Crippen LogP contribution in [0, 0.1) is 39.4 Å². The molecule has 236 valence electrons. The molecule has 0 aromatic carbocycles. The molecule has 2 bridgehead atoms. The molecule has 1 aliphatic heterocycles. The summed E-state index contributed by atoms with van der Waals surface area (Å²) in [6.45, 7) is 14.3. The summed E-state index contributed by atoms with van der Waals surface area (Å²) < 4.78 is 6.41. The number of piperidine rings is 1. The van der Waals surface area contributed by atoms with Crippen molar-refractivity contribution in [2.75, 3.05) is 25.4 Å². The standard InChI is InChI=1S/C33H53N3O5S/c1-6-30(4)17-25(31(5)20(2)7-9-33(21(3)28(30)39)10-8-24(37)27(31)33)41-26(38)19-42-22-15-32(16-22)11-13-36(14-12-32)29(40)23(35)18-34/h6,20-23,25,27-28,39H,1,7-19,34-35H2,2-5H3/t20?,21-,23+,25+,27?,28-,30+,31-,33-/m0/s1. The van der Waals surface area contributed by atoms with Crippen molar-refractivity contribution in [1.82, 2.24) is 4.90 Å². The Morgan fingerprint density at radius 1 is 1.17 bits per heavy atom. The maximum absolute atomic E-state index is 13.6. The van der Waals surface area contributed by atoms with Crippen LogP contribution in [0.1, 0.15) is 85.5 Å². The highest BCUT2D eigenvalue weighted by Crippen LogP contribution is 2.68. The first kappa shape index (κ1) is 32.0. The Labute approximate surface area is 256 Å². The molecule has 0 aromatic heterocycles. The lowest BCUT2D eigenvalue weighted by Gasteiger charge is -2.61. The van der Waals surface area contributed by atoms with Gasteiger partial charge < -0.3 is 26.2 Å². The summed E-state index contributed by atoms with van der Waals surface area (Å²) in [5.41, 5.74) is 10.3. The van der Waals surface area contributed by atoms with Crippen LogP contribution in [0.25, 0.3) is 0 Å². The third-order valence-electron chi connectivity index (χ3n) is 13.0. The highest BCUT2D eigenvalue weighted by atomic mass is 32.2. The van der Waals surface area contributed by atoms with Crippen molar-refractivity contribution in [1.29, 1.82) is 0 Å². The Balaban J connectivity index is 1.24. The van der Waals surface area contributed by atoms with Gasteiger partial charge in [0.05, 0.1) is 17.9 Å². The number of carbonyl (C=O) groups is 3. The summed E-state index contributed by atoms with van der Waals surface area (Å²) in [5, 5.41) is 12.1. The van der Waals surface area contributed by atoms with Gasteiger partial charge in [-0.3, -0.25) is 14.4 Å². The van der Waals surface area contributed by atoms with Crippen LogP contribution in [-0.4, -0.2) is 76.6 Å². The molecule has 5 fully saturated rings. The Hall–Kier alpha value is -1.42. The third-order valence-corrected chi connectivity index (χ3v) is 14.2. The molecule has 9 heteroatoms. The number of esters is 1. The number of hydrogen-bond acceptors (Lipinski definition) is 8. The van der Waals surface area contributed by atoms with Gasteiger partial charge in [0.2, 0.25) is 5.91 Å². The Bertz CT molecular complexity index is 1090. The van der Waals surface area contributed by atoms with Gasteiger partial charge in [-0.2, -0.15) is 0 Å². The number of ether oxygens (including phenoxy) is 1. The van der Waals surface area contributed by atoms with Crippen LogP contribution in [-0.2, 0) is 19.1 Å². The van der Waals surface area contributed by atoms with Crippen molar-refractivity contribution in [2.45, 2.75) is 109 Å². The number of hydrogen-bond donors (Lipinski definition) is 3. The average molecular weight is 604 g/mol. The topological polar surface area (TPSA) is 136 Å². The van der Waals surface area contributed by atoms with E-state index in [0.717, 1.165) is 58.0 Å². The van der Waals surface area contributed by atoms with E-state index >= 15 is 0 Å². The molecule has 1 saturated heterocycles. The number of thioether (sulfide) groups is 1. The molecule has 4 saturated carbocycles. The summed E-state index contributed by atoms with van der Waals surface area (Å²) in [5.74, 6) is 0.256. The molecular formula is C33H53N3O5S. The number of aliphatic hydroxyl groups excluding tert-OH is 1. The smallest absolute Gasteiger partial charge is 0.316 e. The van der Waals surface area contributed by atoms with Gasteiger partial charge >= 0.3 is 5.97 Å². The third kappa shape index (κ3) is 5.08. The number of ketones is 1. The first-order valence-electron chi connectivity index (χ1n) is 16.1. The summed E-state index contributed by atoms with van der Waals surface area (Å²) in [7, 11) is 0. The minimum atomic E-state index is -0.657. The van der Waals surface area contributed by atoms with E-state index in [2.05, 4.69) is 27.4 Å². The van der Waals surface area contributed by atoms with Crippen LogP contribution in [0.5, 0.6) is 0 Å². The maximum atomic E-state index is 13.6. The summed E-state index contributed by atoms with van der Waals surface area (Å²) in [4.78, 5) is 41.3. The number of likely N-dealkylation sites (tertiary alicyclic amines) is 1. The number of amides is 1. The first-order valence-corrected chi connectivity index (χ1v) is 17.2. The van der Waals surface area contributed by atoms with E-state index in [1.807, 2.05) is 17.9 Å². The fraction of sp³-hybridized carbons (Fsp3) is 0.848. The lowest BCUT2D eigenvalue weighted by Crippen LogP contribution is -2.63. The van der Waals surface area contributed by atoms with E-state index in [4.69, 9.17) is 16.2 Å². The molecule has 9 atom stereocenters. The molecule has 1 heterocycles. The van der Waals surface area contributed by atoms with Gasteiger partial charge in [0.25, 0.3) is 0 Å². The summed E-state index contributed by atoms with van der Waals surface area (Å²) in [6.07, 6.45) is 8.46. The van der Waals surface area contributed by atoms with Crippen LogP contribution >= 0.6 is 11.8 Å². The minimum Gasteiger partial charge on any atom is -0.461 e. The Morgan fingerprint density at radius 3 is 2.45 bits per heavy atom. The normalized spacial score (nSPS) is 42.2. The van der Waals surface area contributed by atoms with Crippen LogP contribution in [0.4, 0.5) is 0 Å². The van der Waals surface area contributed by atoms with Crippen LogP contribution in [0.2, 0.25) is 0 Å². The highest BCUT2D eigenvalue weighted by Gasteiger charge is 2.68. The predicted octanol–water partition coefficient (Wildman–Crippen LogP) is 3.68. The highest BCUT2D eigenvalue weighted by molar-refractivity contribution is 8.00. The second-order valence-electron chi connectivity index (χ2n) is 15.1. The zero-order valence-electron chi connectivity index (χ0n) is 26.1. The van der Waals surface area contributed by atoms with Crippen LogP contribution < -0.4 is 11.5 Å². The first-order chi connectivity index (χ1) is 19.7. The largest absolute Gasteiger partial charge is 0.461 e. The van der Waals surface area contributed by atoms with Crippen LogP contribution in [0.3, 0.4) is 0 Å². The number of carbonyl (C=O) groups excluding carboxylic acids is 3. The molecule has 5 N–H and O–H groups in total. The van der Waals surface area contributed by atoms with Gasteiger partial charge in [-0.15, -0.1) is 18.3 Å². The van der Waals surface area contributed by atoms with Gasteiger partial charge in [-0.05, 0) is 74.0 Å². The van der Waals surface area contributed by atoms with E-state index in [0.29, 0.717) is 18.1 Å². The molecule has 42 heavy (non-hydrogen) atoms. The van der Waals surface area contributed by atoms with E-state index in [-0.39, 0.29) is 58.5 Å². The quantitative estimate of drug-likeness (QED) is 0.296. The fourth-order valence-corrected chi connectivity index (χ4v) is 11.2. The fourth-order valence-electron chi connectivity index (χ4n) is 9.85. The maximum Gasteiger partial charge on any atom is 0.316 e. The predicted molar refractivity (Wildman–Crippen MR) is 165 cm³/mol. The summed E-state index contributed by atoms with van der Waals surface area (Å²) >= 11 is 1.67. The second kappa shape index (κ2) is 11.5. The van der Waals surface area contributed by atoms with E-state index in [9.17, 15) is 19.5 Å². The number of nitrogens with zero attached hydrogens (tertiary/aromatic N) is 1. The second-order valence-corrected chi connectivity index (χ2v) is 16.4. The lowest BCUT2D eigenvalue weighted by molar-refractivity contribution is -0.205. The number of rotatable bonds is 7. The molecule has 0 aromatic rings. The van der Waals surface area contributed by atoms with Crippen molar-refractivity contribution in [2.24, 2.45) is 50.9 Å². The van der Waals surface area contributed by atoms with Crippen molar-refractivity contribution < 1.29 is 24.2 Å². The summed E-state index contributed by atoms with van der Waals surface area (Å²) in [6, 6.07) is -0.620. The van der Waals surface area contributed by atoms with Gasteiger partial charge in [-0.1, -0.05) is 33.8 Å². The number of Topliss-reactive ketones (excluding diaryl/α,β-unsaturated/α-hetero) is 1. The van der Waals surface area contributed by atoms with Gasteiger partial charge in [0, 0.05) is 48.1 Å². The molecular weight excluding hydrogens is 550 g/mol. The number of aliphatic hydroxyl groups is 1. The molecule has 5 aliphatic rings. The van der Waals surface area contributed by atoms with Crippen LogP contribution in [0.15, 0.2) is 12.7 Å².